The molecule has 12 aromatic rings. The molecule has 0 saturated carbocycles. The van der Waals surface area contributed by atoms with Gasteiger partial charge in [-0.2, -0.15) is 0 Å². The molecule has 0 radical (unpaired) electrons. The quantitative estimate of drug-likeness (QED) is 0.0996. The van der Waals surface area contributed by atoms with Gasteiger partial charge in [0.25, 0.3) is 0 Å². The molecular formula is C64H40F4N2. The number of hydrogen-bond donors (Lipinski definition) is 0. The van der Waals surface area contributed by atoms with Crippen molar-refractivity contribution < 1.29 is 17.6 Å². The molecule has 0 spiro atoms. The van der Waals surface area contributed by atoms with Crippen LogP contribution in [0, 0.1) is 23.3 Å². The Morgan fingerprint density at radius 3 is 0.957 bits per heavy atom. The molecule has 0 aliphatic carbocycles. The zero-order valence-corrected chi connectivity index (χ0v) is 37.5. The number of nitrogens with zero attached hydrogens (tertiary/aromatic N) is 2. The molecule has 0 aliphatic heterocycles. The lowest BCUT2D eigenvalue weighted by molar-refractivity contribution is 0.586. The first-order valence-electron chi connectivity index (χ1n) is 23.1. The predicted molar refractivity (Wildman–Crippen MR) is 281 cm³/mol. The molecule has 0 fully saturated rings. The fourth-order valence-electron chi connectivity index (χ4n) is 10.1. The van der Waals surface area contributed by atoms with Gasteiger partial charge < -0.3 is 9.80 Å². The summed E-state index contributed by atoms with van der Waals surface area (Å²) in [6.45, 7) is 0. The van der Waals surface area contributed by atoms with E-state index >= 15 is 17.6 Å². The molecule has 0 unspecified atom stereocenters. The van der Waals surface area contributed by atoms with Crippen molar-refractivity contribution in [2.45, 2.75) is 0 Å². The second-order valence-electron chi connectivity index (χ2n) is 17.3. The van der Waals surface area contributed by atoms with Crippen molar-refractivity contribution in [3.63, 3.8) is 0 Å². The van der Waals surface area contributed by atoms with Gasteiger partial charge in [-0.1, -0.05) is 182 Å². The van der Waals surface area contributed by atoms with E-state index < -0.39 is 23.3 Å². The Labute approximate surface area is 402 Å². The van der Waals surface area contributed by atoms with Crippen molar-refractivity contribution in [3.8, 4) is 44.5 Å². The molecule has 12 rings (SSSR count). The summed E-state index contributed by atoms with van der Waals surface area (Å²) in [4.78, 5) is 3.71. The fourth-order valence-corrected chi connectivity index (χ4v) is 10.1. The zero-order chi connectivity index (χ0) is 47.3. The molecule has 334 valence electrons. The summed E-state index contributed by atoms with van der Waals surface area (Å²) in [5.74, 6) is -2.79. The molecule has 0 aromatic heterocycles. The average Bonchev–Trinajstić information content (AvgIpc) is 3.41. The lowest BCUT2D eigenvalue weighted by atomic mass is 9.91. The van der Waals surface area contributed by atoms with Crippen LogP contribution in [0.25, 0.3) is 76.8 Å². The van der Waals surface area contributed by atoms with Crippen LogP contribution in [0.3, 0.4) is 0 Å². The molecule has 2 nitrogen and oxygen atoms in total. The van der Waals surface area contributed by atoms with Gasteiger partial charge in [0.05, 0.1) is 22.7 Å². The van der Waals surface area contributed by atoms with E-state index in [1.807, 2.05) is 228 Å². The van der Waals surface area contributed by atoms with Crippen LogP contribution in [0.2, 0.25) is 0 Å². The summed E-state index contributed by atoms with van der Waals surface area (Å²) < 4.78 is 66.2. The summed E-state index contributed by atoms with van der Waals surface area (Å²) >= 11 is 0. The van der Waals surface area contributed by atoms with E-state index in [4.69, 9.17) is 0 Å². The smallest absolute Gasteiger partial charge is 0.150 e. The monoisotopic (exact) mass is 912 g/mol. The third-order valence-electron chi connectivity index (χ3n) is 13.3. The highest BCUT2D eigenvalue weighted by Crippen LogP contribution is 2.50. The lowest BCUT2D eigenvalue weighted by Crippen LogP contribution is -2.14. The Bertz CT molecular complexity index is 3620. The molecule has 6 heteroatoms. The maximum absolute atomic E-state index is 16.8. The number of halogens is 4. The molecule has 12 aromatic carbocycles. The number of anilines is 6. The molecule has 0 amide bonds. The SMILES string of the molecule is Fc1cc(F)c(N(c2ccccc2)c2ccc3ccc4c(N(c5ccccc5)c5cc(-c6ccccc6-c6ccccc6)c(F)cc5F)ccc5ccc2c3c54)cc1-c1ccccc1-c1ccccc1. The van der Waals surface area contributed by atoms with Crippen molar-refractivity contribution in [1.82, 2.24) is 0 Å². The van der Waals surface area contributed by atoms with Gasteiger partial charge >= 0.3 is 0 Å². The number of rotatable bonds is 10. The fraction of sp³-hybridized carbons (Fsp3) is 0. The van der Waals surface area contributed by atoms with Crippen LogP contribution >= 0.6 is 0 Å². The first-order valence-corrected chi connectivity index (χ1v) is 23.1. The van der Waals surface area contributed by atoms with Gasteiger partial charge in [0.1, 0.15) is 23.3 Å². The molecule has 0 bridgehead atoms. The minimum absolute atomic E-state index is 0.174. The van der Waals surface area contributed by atoms with E-state index in [0.717, 1.165) is 66.7 Å². The Kier molecular flexibility index (Phi) is 10.6. The molecule has 0 saturated heterocycles. The van der Waals surface area contributed by atoms with Crippen LogP contribution in [-0.2, 0) is 0 Å². The maximum atomic E-state index is 16.8. The van der Waals surface area contributed by atoms with Crippen LogP contribution < -0.4 is 9.80 Å². The van der Waals surface area contributed by atoms with Crippen LogP contribution in [-0.4, -0.2) is 0 Å². The average molecular weight is 913 g/mol. The van der Waals surface area contributed by atoms with Crippen molar-refractivity contribution in [3.05, 3.63) is 266 Å². The molecule has 0 aliphatic rings. The normalized spacial score (nSPS) is 11.4. The van der Waals surface area contributed by atoms with Gasteiger partial charge in [0, 0.05) is 45.4 Å². The van der Waals surface area contributed by atoms with Crippen LogP contribution in [0.15, 0.2) is 243 Å². The van der Waals surface area contributed by atoms with Gasteiger partial charge in [-0.25, -0.2) is 17.6 Å². The number of hydrogen-bond acceptors (Lipinski definition) is 2. The van der Waals surface area contributed by atoms with E-state index in [2.05, 4.69) is 0 Å². The standard InChI is InChI=1S/C64H40F4N2/c65-55-39-57(67)61(37-53(55)49-27-15-13-25-47(49)41-17-5-1-6-18-41)69(45-21-9-3-10-22-45)59-35-31-43-30-34-52-60(36-32-44-29-33-51(59)63(43)64(44)52)70(46-23-11-4-12-24-46)62-38-54(56(66)40-58(62)68)50-28-16-14-26-48(50)42-19-7-2-8-20-42/h1-40H. The maximum Gasteiger partial charge on any atom is 0.150 e. The summed E-state index contributed by atoms with van der Waals surface area (Å²) in [6, 6.07) is 75.2. The van der Waals surface area contributed by atoms with Gasteiger partial charge in [0.2, 0.25) is 0 Å². The third-order valence-corrected chi connectivity index (χ3v) is 13.3. The van der Waals surface area contributed by atoms with Crippen molar-refractivity contribution in [2.24, 2.45) is 0 Å². The van der Waals surface area contributed by atoms with Gasteiger partial charge in [-0.15, -0.1) is 0 Å². The summed E-state index contributed by atoms with van der Waals surface area (Å²) in [7, 11) is 0. The van der Waals surface area contributed by atoms with Gasteiger partial charge in [-0.05, 0) is 103 Å². The molecule has 0 heterocycles. The van der Waals surface area contributed by atoms with E-state index in [1.165, 1.54) is 0 Å². The molecule has 0 atom stereocenters. The first-order chi connectivity index (χ1) is 34.4. The highest BCUT2D eigenvalue weighted by atomic mass is 19.1. The summed E-state index contributed by atoms with van der Waals surface area (Å²) in [5, 5.41) is 5.36. The Morgan fingerprint density at radius 2 is 0.571 bits per heavy atom. The second-order valence-corrected chi connectivity index (χ2v) is 17.3. The molecule has 0 N–H and O–H groups in total. The summed E-state index contributed by atoms with van der Waals surface area (Å²) in [5.41, 5.74) is 8.33. The first kappa shape index (κ1) is 42.4. The van der Waals surface area contributed by atoms with Gasteiger partial charge in [-0.3, -0.25) is 0 Å². The largest absolute Gasteiger partial charge is 0.307 e. The Hall–Kier alpha value is -9.00. The highest BCUT2D eigenvalue weighted by Gasteiger charge is 2.27. The number of para-hydroxylation sites is 2. The predicted octanol–water partition coefficient (Wildman–Crippen LogP) is 18.7. The zero-order valence-electron chi connectivity index (χ0n) is 37.5. The van der Waals surface area contributed by atoms with Crippen molar-refractivity contribution in [1.29, 1.82) is 0 Å². The highest BCUT2D eigenvalue weighted by molar-refractivity contribution is 6.28. The van der Waals surface area contributed by atoms with Crippen molar-refractivity contribution in [2.75, 3.05) is 9.80 Å². The summed E-state index contributed by atoms with van der Waals surface area (Å²) in [6.07, 6.45) is 0. The van der Waals surface area contributed by atoms with E-state index in [1.54, 1.807) is 12.1 Å². The molecule has 70 heavy (non-hydrogen) atoms. The van der Waals surface area contributed by atoms with E-state index in [0.29, 0.717) is 33.9 Å². The minimum atomic E-state index is -0.721. The van der Waals surface area contributed by atoms with Crippen LogP contribution in [0.5, 0.6) is 0 Å². The van der Waals surface area contributed by atoms with Crippen LogP contribution in [0.1, 0.15) is 0 Å². The molecular weight excluding hydrogens is 873 g/mol. The lowest BCUT2D eigenvalue weighted by Gasteiger charge is -2.30. The minimum Gasteiger partial charge on any atom is -0.307 e. The number of benzene rings is 12. The third kappa shape index (κ3) is 7.29. The topological polar surface area (TPSA) is 6.48 Å². The van der Waals surface area contributed by atoms with Gasteiger partial charge in [0.15, 0.2) is 0 Å². The Morgan fingerprint density at radius 1 is 0.243 bits per heavy atom. The van der Waals surface area contributed by atoms with Crippen molar-refractivity contribution >= 4 is 66.4 Å². The van der Waals surface area contributed by atoms with Crippen LogP contribution in [0.4, 0.5) is 51.7 Å². The Balaban J connectivity index is 1.07. The second kappa shape index (κ2) is 17.6. The van der Waals surface area contributed by atoms with E-state index in [9.17, 15) is 0 Å². The van der Waals surface area contributed by atoms with E-state index in [-0.39, 0.29) is 22.5 Å².